The first-order valence-corrected chi connectivity index (χ1v) is 15.1. The number of ether oxygens (including phenoxy) is 2. The standard InChI is InChI=1S/C32H35FN5O4P/c1-4-21-23(43)8-7-19-15-20(40)16-22(24(19)21)27-26(33)28-25(30(35-27)42-18(2)3)29(34-11-14-39)37-31(36-28)41-17-32-9-5-12-38(32)13-6-10-32/h1,7-8,15-16,18,39-40H,5-6,9-14,17,43H2,2-3H3,(H,34,36,37). The van der Waals surface area contributed by atoms with Crippen molar-refractivity contribution >= 4 is 42.0 Å². The van der Waals surface area contributed by atoms with Gasteiger partial charge in [0.25, 0.3) is 0 Å². The maximum atomic E-state index is 16.8. The molecule has 0 amide bonds. The minimum absolute atomic E-state index is 0.0185. The van der Waals surface area contributed by atoms with E-state index in [-0.39, 0.29) is 64.8 Å². The lowest BCUT2D eigenvalue weighted by Gasteiger charge is -2.31. The summed E-state index contributed by atoms with van der Waals surface area (Å²) in [4.78, 5) is 16.3. The molecule has 43 heavy (non-hydrogen) atoms. The van der Waals surface area contributed by atoms with E-state index in [0.29, 0.717) is 28.5 Å². The monoisotopic (exact) mass is 603 g/mol. The summed E-state index contributed by atoms with van der Waals surface area (Å²) in [5.41, 5.74) is 0.647. The fourth-order valence-corrected chi connectivity index (χ4v) is 6.77. The number of aliphatic hydroxyl groups is 1. The zero-order chi connectivity index (χ0) is 30.3. The zero-order valence-corrected chi connectivity index (χ0v) is 25.4. The van der Waals surface area contributed by atoms with Crippen LogP contribution in [0.5, 0.6) is 17.6 Å². The van der Waals surface area contributed by atoms with Crippen molar-refractivity contribution in [1.29, 1.82) is 0 Å². The van der Waals surface area contributed by atoms with Crippen molar-refractivity contribution in [2.45, 2.75) is 51.2 Å². The Labute approximate surface area is 252 Å². The van der Waals surface area contributed by atoms with Crippen LogP contribution in [0.1, 0.15) is 45.1 Å². The molecular weight excluding hydrogens is 568 g/mol. The summed E-state index contributed by atoms with van der Waals surface area (Å²) in [7, 11) is 2.60. The summed E-state index contributed by atoms with van der Waals surface area (Å²) in [5, 5.41) is 25.5. The van der Waals surface area contributed by atoms with E-state index in [2.05, 4.69) is 40.3 Å². The third-order valence-corrected chi connectivity index (χ3v) is 8.78. The van der Waals surface area contributed by atoms with Crippen molar-refractivity contribution in [2.24, 2.45) is 0 Å². The summed E-state index contributed by atoms with van der Waals surface area (Å²) in [6, 6.07) is 6.68. The molecule has 2 aliphatic rings. The van der Waals surface area contributed by atoms with Crippen LogP contribution in [0.25, 0.3) is 32.9 Å². The Hall–Kier alpha value is -3.77. The molecule has 0 spiro atoms. The molecule has 9 nitrogen and oxygen atoms in total. The topological polar surface area (TPSA) is 113 Å². The number of nitrogens with one attached hydrogen (secondary N) is 1. The fourth-order valence-electron chi connectivity index (χ4n) is 6.44. The Morgan fingerprint density at radius 3 is 2.63 bits per heavy atom. The molecule has 4 aromatic rings. The maximum absolute atomic E-state index is 16.8. The van der Waals surface area contributed by atoms with E-state index >= 15 is 4.39 Å². The second kappa shape index (κ2) is 11.7. The number of aliphatic hydroxyl groups excluding tert-OH is 1. The van der Waals surface area contributed by atoms with Crippen LogP contribution in [-0.2, 0) is 0 Å². The lowest BCUT2D eigenvalue weighted by molar-refractivity contribution is 0.108. The van der Waals surface area contributed by atoms with Crippen molar-refractivity contribution in [2.75, 3.05) is 38.2 Å². The Bertz CT molecular complexity index is 1750. The third kappa shape index (κ3) is 5.31. The lowest BCUT2D eigenvalue weighted by Crippen LogP contribution is -2.43. The highest BCUT2D eigenvalue weighted by molar-refractivity contribution is 7.27. The molecule has 4 heterocycles. The number of hydrogen-bond donors (Lipinski definition) is 3. The van der Waals surface area contributed by atoms with E-state index in [1.54, 1.807) is 6.07 Å². The highest BCUT2D eigenvalue weighted by Crippen LogP contribution is 2.42. The van der Waals surface area contributed by atoms with Crippen LogP contribution in [0.2, 0.25) is 0 Å². The number of phenols is 1. The van der Waals surface area contributed by atoms with E-state index in [4.69, 9.17) is 15.9 Å². The number of rotatable bonds is 9. The van der Waals surface area contributed by atoms with Crippen LogP contribution in [0, 0.1) is 18.2 Å². The molecular formula is C32H35FN5O4P. The van der Waals surface area contributed by atoms with Gasteiger partial charge in [0, 0.05) is 23.1 Å². The van der Waals surface area contributed by atoms with Gasteiger partial charge in [-0.1, -0.05) is 18.1 Å². The number of terminal acetylenes is 1. The Kier molecular flexibility index (Phi) is 7.99. The molecule has 2 aromatic heterocycles. The number of aromatic hydroxyl groups is 1. The van der Waals surface area contributed by atoms with E-state index in [9.17, 15) is 10.2 Å². The molecule has 224 valence electrons. The number of anilines is 1. The second-order valence-corrected chi connectivity index (χ2v) is 12.1. The van der Waals surface area contributed by atoms with E-state index in [1.165, 1.54) is 6.07 Å². The number of benzene rings is 2. The van der Waals surface area contributed by atoms with Crippen molar-refractivity contribution < 1.29 is 24.1 Å². The van der Waals surface area contributed by atoms with Crippen molar-refractivity contribution in [3.63, 3.8) is 0 Å². The van der Waals surface area contributed by atoms with Crippen molar-refractivity contribution in [1.82, 2.24) is 19.9 Å². The highest BCUT2D eigenvalue weighted by Gasteiger charge is 2.45. The van der Waals surface area contributed by atoms with Crippen molar-refractivity contribution in [3.8, 4) is 41.2 Å². The number of fused-ring (bicyclic) bond motifs is 3. The molecule has 11 heteroatoms. The second-order valence-electron chi connectivity index (χ2n) is 11.4. The average Bonchev–Trinajstić information content (AvgIpc) is 3.56. The fraction of sp³-hybridized carbons (Fsp3) is 0.406. The molecule has 2 saturated heterocycles. The molecule has 2 aromatic carbocycles. The first-order valence-electron chi connectivity index (χ1n) is 14.6. The predicted octanol–water partition coefficient (Wildman–Crippen LogP) is 4.37. The Morgan fingerprint density at radius 1 is 1.16 bits per heavy atom. The lowest BCUT2D eigenvalue weighted by atomic mass is 9.95. The number of nitrogens with zero attached hydrogens (tertiary/aromatic N) is 4. The molecule has 2 aliphatic heterocycles. The zero-order valence-electron chi connectivity index (χ0n) is 24.3. The van der Waals surface area contributed by atoms with Gasteiger partial charge in [0.15, 0.2) is 5.82 Å². The highest BCUT2D eigenvalue weighted by atomic mass is 31.0. The summed E-state index contributed by atoms with van der Waals surface area (Å²) in [6.07, 6.45) is 9.87. The van der Waals surface area contributed by atoms with Gasteiger partial charge in [0.2, 0.25) is 5.88 Å². The third-order valence-electron chi connectivity index (χ3n) is 8.30. The van der Waals surface area contributed by atoms with Crippen molar-refractivity contribution in [3.05, 3.63) is 35.6 Å². The smallest absolute Gasteiger partial charge is 0.319 e. The van der Waals surface area contributed by atoms with Crippen LogP contribution < -0.4 is 20.1 Å². The van der Waals surface area contributed by atoms with Gasteiger partial charge >= 0.3 is 6.01 Å². The van der Waals surface area contributed by atoms with Gasteiger partial charge < -0.3 is 25.0 Å². The number of phenolic OH excluding ortho intramolecular Hbond substituents is 1. The largest absolute Gasteiger partial charge is 0.508 e. The Morgan fingerprint density at radius 2 is 1.93 bits per heavy atom. The summed E-state index contributed by atoms with van der Waals surface area (Å²) in [6.45, 7) is 6.14. The summed E-state index contributed by atoms with van der Waals surface area (Å²) < 4.78 is 29.2. The first-order chi connectivity index (χ1) is 20.7. The molecule has 1 atom stereocenters. The van der Waals surface area contributed by atoms with Crippen LogP contribution >= 0.6 is 9.24 Å². The first kappa shape index (κ1) is 29.3. The van der Waals surface area contributed by atoms with Crippen LogP contribution in [0.4, 0.5) is 10.2 Å². The molecule has 3 N–H and O–H groups in total. The maximum Gasteiger partial charge on any atom is 0.319 e. The molecule has 0 radical (unpaired) electrons. The van der Waals surface area contributed by atoms with E-state index in [0.717, 1.165) is 44.1 Å². The van der Waals surface area contributed by atoms with Gasteiger partial charge in [-0.15, -0.1) is 15.7 Å². The van der Waals surface area contributed by atoms with Gasteiger partial charge in [0.05, 0.1) is 18.2 Å². The van der Waals surface area contributed by atoms with Gasteiger partial charge in [0.1, 0.15) is 34.8 Å². The number of hydrogen-bond acceptors (Lipinski definition) is 9. The molecule has 0 aliphatic carbocycles. The molecule has 2 fully saturated rings. The summed E-state index contributed by atoms with van der Waals surface area (Å²) in [5.74, 6) is 2.25. The van der Waals surface area contributed by atoms with Gasteiger partial charge in [-0.3, -0.25) is 4.90 Å². The van der Waals surface area contributed by atoms with E-state index < -0.39 is 5.82 Å². The minimum atomic E-state index is -0.740. The molecule has 0 bridgehead atoms. The molecule has 6 rings (SSSR count). The van der Waals surface area contributed by atoms with Crippen LogP contribution in [-0.4, -0.2) is 74.6 Å². The molecule has 0 saturated carbocycles. The quantitative estimate of drug-likeness (QED) is 0.190. The van der Waals surface area contributed by atoms with Crippen LogP contribution in [0.3, 0.4) is 0 Å². The number of aromatic nitrogens is 3. The summed E-state index contributed by atoms with van der Waals surface area (Å²) >= 11 is 0. The van der Waals surface area contributed by atoms with E-state index in [1.807, 2.05) is 26.0 Å². The van der Waals surface area contributed by atoms with Crippen LogP contribution in [0.15, 0.2) is 24.3 Å². The predicted molar refractivity (Wildman–Crippen MR) is 169 cm³/mol. The minimum Gasteiger partial charge on any atom is -0.508 e. The van der Waals surface area contributed by atoms with Gasteiger partial charge in [-0.2, -0.15) is 9.97 Å². The van der Waals surface area contributed by atoms with Gasteiger partial charge in [-0.25, -0.2) is 9.37 Å². The average molecular weight is 604 g/mol. The number of halogens is 1. The Balaban J connectivity index is 1.58. The molecule has 1 unspecified atom stereocenters. The normalized spacial score (nSPS) is 16.1. The number of pyridine rings is 1. The van der Waals surface area contributed by atoms with Gasteiger partial charge in [-0.05, 0) is 75.4 Å². The SMILES string of the molecule is C#Cc1c(P)ccc2cc(O)cc(-c3nc(OC(C)C)c4c(NCCO)nc(OCC56CCCN5CCC6)nc4c3F)c12.